The first-order valence-corrected chi connectivity index (χ1v) is 9.10. The molecule has 7 heteroatoms. The number of nitrogens with one attached hydrogen (secondary N) is 1. The summed E-state index contributed by atoms with van der Waals surface area (Å²) in [5.74, 6) is 0.984. The van der Waals surface area contributed by atoms with Crippen molar-refractivity contribution in [3.8, 4) is 0 Å². The zero-order valence-electron chi connectivity index (χ0n) is 15.4. The molecule has 138 valence electrons. The van der Waals surface area contributed by atoms with Gasteiger partial charge in [0.15, 0.2) is 11.6 Å². The van der Waals surface area contributed by atoms with Crippen LogP contribution >= 0.6 is 0 Å². The SMILES string of the molecule is CC(C)(C)C1CCC(=NNc2ncc(F)c(N3CCOCC3)n2)CC1. The topological polar surface area (TPSA) is 62.6 Å². The molecule has 0 bridgehead atoms. The van der Waals surface area contributed by atoms with Crippen LogP contribution in [-0.2, 0) is 4.74 Å². The Morgan fingerprint density at radius 2 is 1.92 bits per heavy atom. The lowest BCUT2D eigenvalue weighted by atomic mass is 9.72. The highest BCUT2D eigenvalue weighted by Crippen LogP contribution is 2.36. The molecule has 0 radical (unpaired) electrons. The van der Waals surface area contributed by atoms with E-state index in [1.54, 1.807) is 0 Å². The van der Waals surface area contributed by atoms with Crippen LogP contribution < -0.4 is 10.3 Å². The zero-order chi connectivity index (χ0) is 17.9. The Bertz CT molecular complexity index is 612. The van der Waals surface area contributed by atoms with Crippen LogP contribution in [0.2, 0.25) is 0 Å². The molecular formula is C18H28FN5O. The molecule has 1 aromatic rings. The molecule has 1 saturated carbocycles. The maximum atomic E-state index is 14.0. The number of halogens is 1. The second kappa shape index (κ2) is 7.64. The fraction of sp³-hybridized carbons (Fsp3) is 0.722. The Labute approximate surface area is 148 Å². The van der Waals surface area contributed by atoms with Crippen molar-refractivity contribution in [2.45, 2.75) is 46.5 Å². The third kappa shape index (κ3) is 4.66. The first-order valence-electron chi connectivity index (χ1n) is 9.10. The number of morpholine rings is 1. The Balaban J connectivity index is 1.62. The van der Waals surface area contributed by atoms with Gasteiger partial charge in [-0.3, -0.25) is 0 Å². The number of nitrogens with zero attached hydrogens (tertiary/aromatic N) is 4. The summed E-state index contributed by atoms with van der Waals surface area (Å²) < 4.78 is 19.3. The van der Waals surface area contributed by atoms with E-state index >= 15 is 0 Å². The summed E-state index contributed by atoms with van der Waals surface area (Å²) in [5, 5.41) is 4.46. The molecule has 25 heavy (non-hydrogen) atoms. The molecule has 1 aliphatic heterocycles. The van der Waals surface area contributed by atoms with Gasteiger partial charge in [-0.15, -0.1) is 0 Å². The van der Waals surface area contributed by atoms with E-state index in [0.717, 1.165) is 37.3 Å². The third-order valence-electron chi connectivity index (χ3n) is 5.14. The van der Waals surface area contributed by atoms with E-state index in [1.807, 2.05) is 4.90 Å². The quantitative estimate of drug-likeness (QED) is 0.847. The van der Waals surface area contributed by atoms with Crippen LogP contribution in [0.25, 0.3) is 0 Å². The first-order chi connectivity index (χ1) is 11.9. The van der Waals surface area contributed by atoms with Crippen molar-refractivity contribution in [3.63, 3.8) is 0 Å². The van der Waals surface area contributed by atoms with Gasteiger partial charge in [0, 0.05) is 18.8 Å². The Morgan fingerprint density at radius 3 is 2.56 bits per heavy atom. The number of hydrogen-bond acceptors (Lipinski definition) is 6. The fourth-order valence-electron chi connectivity index (χ4n) is 3.47. The molecule has 3 rings (SSSR count). The maximum Gasteiger partial charge on any atom is 0.245 e. The molecule has 1 saturated heterocycles. The van der Waals surface area contributed by atoms with Crippen molar-refractivity contribution in [2.24, 2.45) is 16.4 Å². The fourth-order valence-corrected chi connectivity index (χ4v) is 3.47. The maximum absolute atomic E-state index is 14.0. The minimum absolute atomic E-state index is 0.317. The highest BCUT2D eigenvalue weighted by Gasteiger charge is 2.28. The standard InChI is InChI=1S/C18H28FN5O/c1-18(2,3)13-4-6-14(7-5-13)22-23-17-20-12-15(19)16(21-17)24-8-10-25-11-9-24/h12-13H,4-11H2,1-3H3,(H,20,21,23). The van der Waals surface area contributed by atoms with Crippen molar-refractivity contribution >= 4 is 17.5 Å². The van der Waals surface area contributed by atoms with Crippen molar-refractivity contribution in [2.75, 3.05) is 36.6 Å². The van der Waals surface area contributed by atoms with Gasteiger partial charge in [-0.1, -0.05) is 20.8 Å². The number of aromatic nitrogens is 2. The molecule has 0 spiro atoms. The molecule has 1 aliphatic carbocycles. The molecule has 6 nitrogen and oxygen atoms in total. The molecular weight excluding hydrogens is 321 g/mol. The summed E-state index contributed by atoms with van der Waals surface area (Å²) in [5.41, 5.74) is 4.41. The summed E-state index contributed by atoms with van der Waals surface area (Å²) in [6.45, 7) is 9.35. The van der Waals surface area contributed by atoms with Gasteiger partial charge in [-0.25, -0.2) is 14.8 Å². The predicted molar refractivity (Wildman–Crippen MR) is 97.5 cm³/mol. The van der Waals surface area contributed by atoms with Gasteiger partial charge in [-0.05, 0) is 37.0 Å². The Hall–Kier alpha value is -1.76. The molecule has 0 atom stereocenters. The van der Waals surface area contributed by atoms with E-state index in [2.05, 4.69) is 41.3 Å². The minimum Gasteiger partial charge on any atom is -0.378 e. The number of hydrazone groups is 1. The van der Waals surface area contributed by atoms with Gasteiger partial charge in [0.05, 0.1) is 19.4 Å². The Kier molecular flexibility index (Phi) is 5.51. The predicted octanol–water partition coefficient (Wildman–Crippen LogP) is 3.46. The smallest absolute Gasteiger partial charge is 0.245 e. The number of ether oxygens (including phenoxy) is 1. The van der Waals surface area contributed by atoms with E-state index < -0.39 is 5.82 Å². The van der Waals surface area contributed by atoms with Crippen LogP contribution in [0.4, 0.5) is 16.2 Å². The molecule has 1 N–H and O–H groups in total. The second-order valence-corrected chi connectivity index (χ2v) is 7.89. The van der Waals surface area contributed by atoms with Crippen LogP contribution in [0.15, 0.2) is 11.3 Å². The van der Waals surface area contributed by atoms with Crippen molar-refractivity contribution in [1.82, 2.24) is 9.97 Å². The van der Waals surface area contributed by atoms with Crippen LogP contribution in [-0.4, -0.2) is 42.0 Å². The Morgan fingerprint density at radius 1 is 1.24 bits per heavy atom. The van der Waals surface area contributed by atoms with E-state index in [9.17, 15) is 4.39 Å². The number of anilines is 2. The summed E-state index contributed by atoms with van der Waals surface area (Å²) in [4.78, 5) is 10.2. The van der Waals surface area contributed by atoms with Gasteiger partial charge in [0.2, 0.25) is 5.95 Å². The van der Waals surface area contributed by atoms with E-state index in [4.69, 9.17) is 4.74 Å². The average molecular weight is 349 g/mol. The van der Waals surface area contributed by atoms with Gasteiger partial charge in [0.1, 0.15) is 0 Å². The van der Waals surface area contributed by atoms with Gasteiger partial charge < -0.3 is 9.64 Å². The molecule has 0 aromatic carbocycles. The second-order valence-electron chi connectivity index (χ2n) is 7.89. The van der Waals surface area contributed by atoms with Gasteiger partial charge in [0.25, 0.3) is 0 Å². The van der Waals surface area contributed by atoms with Crippen LogP contribution in [0, 0.1) is 17.2 Å². The molecule has 2 aliphatic rings. The molecule has 0 unspecified atom stereocenters. The molecule has 1 aromatic heterocycles. The average Bonchev–Trinajstić information content (AvgIpc) is 2.61. The number of hydrogen-bond donors (Lipinski definition) is 1. The van der Waals surface area contributed by atoms with Crippen molar-refractivity contribution in [1.29, 1.82) is 0 Å². The summed E-state index contributed by atoms with van der Waals surface area (Å²) in [6.07, 6.45) is 5.51. The summed E-state index contributed by atoms with van der Waals surface area (Å²) in [7, 11) is 0. The lowest BCUT2D eigenvalue weighted by Gasteiger charge is -2.34. The van der Waals surface area contributed by atoms with Crippen LogP contribution in [0.3, 0.4) is 0 Å². The largest absolute Gasteiger partial charge is 0.378 e. The van der Waals surface area contributed by atoms with Gasteiger partial charge in [-0.2, -0.15) is 10.1 Å². The van der Waals surface area contributed by atoms with Crippen LogP contribution in [0.5, 0.6) is 0 Å². The lowest BCUT2D eigenvalue weighted by molar-refractivity contribution is 0.122. The van der Waals surface area contributed by atoms with Gasteiger partial charge >= 0.3 is 0 Å². The third-order valence-corrected chi connectivity index (χ3v) is 5.14. The van der Waals surface area contributed by atoms with E-state index in [0.29, 0.717) is 43.5 Å². The van der Waals surface area contributed by atoms with E-state index in [1.165, 1.54) is 6.20 Å². The normalized spacial score (nSPS) is 22.0. The molecule has 2 heterocycles. The monoisotopic (exact) mass is 349 g/mol. The molecule has 0 amide bonds. The summed E-state index contributed by atoms with van der Waals surface area (Å²) in [6, 6.07) is 0. The number of rotatable bonds is 3. The van der Waals surface area contributed by atoms with E-state index in [-0.39, 0.29) is 0 Å². The van der Waals surface area contributed by atoms with Crippen molar-refractivity contribution in [3.05, 3.63) is 12.0 Å². The minimum atomic E-state index is -0.411. The van der Waals surface area contributed by atoms with Crippen molar-refractivity contribution < 1.29 is 9.13 Å². The summed E-state index contributed by atoms with van der Waals surface area (Å²) >= 11 is 0. The van der Waals surface area contributed by atoms with Crippen LogP contribution in [0.1, 0.15) is 46.5 Å². The zero-order valence-corrected chi connectivity index (χ0v) is 15.4. The lowest BCUT2D eigenvalue weighted by Crippen LogP contribution is -2.37. The first kappa shape index (κ1) is 18.0. The highest BCUT2D eigenvalue weighted by molar-refractivity contribution is 5.85. The highest BCUT2D eigenvalue weighted by atomic mass is 19.1. The molecule has 2 fully saturated rings.